The smallest absolute Gasteiger partial charge is 0.149 e. The van der Waals surface area contributed by atoms with Gasteiger partial charge < -0.3 is 15.9 Å². The van der Waals surface area contributed by atoms with E-state index in [2.05, 4.69) is 0 Å². The third kappa shape index (κ3) is 4.13. The maximum Gasteiger partial charge on any atom is 0.149 e. The van der Waals surface area contributed by atoms with Crippen LogP contribution in [0.25, 0.3) is 0 Å². The number of rotatable bonds is 4. The van der Waals surface area contributed by atoms with Crippen LogP contribution in [0.4, 0.5) is 0 Å². The van der Waals surface area contributed by atoms with Gasteiger partial charge in [-0.05, 0) is 6.42 Å². The molecule has 2 unspecified atom stereocenters. The summed E-state index contributed by atoms with van der Waals surface area (Å²) in [7, 11) is 0. The molecule has 0 aromatic carbocycles. The van der Waals surface area contributed by atoms with Crippen molar-refractivity contribution in [3.63, 3.8) is 0 Å². The fraction of sp³-hybridized carbons (Fsp3) is 1.00. The van der Waals surface area contributed by atoms with E-state index < -0.39 is 16.7 Å². The summed E-state index contributed by atoms with van der Waals surface area (Å²) < 4.78 is 0. The van der Waals surface area contributed by atoms with Gasteiger partial charge in [-0.2, -0.15) is 0 Å². The van der Waals surface area contributed by atoms with E-state index in [1.54, 1.807) is 6.92 Å². The molecule has 0 heterocycles. The Morgan fingerprint density at radius 3 is 2.27 bits per heavy atom. The van der Waals surface area contributed by atoms with Crippen molar-refractivity contribution in [3.8, 4) is 0 Å². The predicted octanol–water partition coefficient (Wildman–Crippen LogP) is 0.598. The van der Waals surface area contributed by atoms with Gasteiger partial charge in [0.1, 0.15) is 10.6 Å². The lowest BCUT2D eigenvalue weighted by Gasteiger charge is -2.26. The maximum absolute atomic E-state index is 9.25. The first-order chi connectivity index (χ1) is 4.90. The van der Waals surface area contributed by atoms with Crippen LogP contribution in [0.5, 0.6) is 0 Å². The van der Waals surface area contributed by atoms with E-state index in [0.29, 0.717) is 6.42 Å². The summed E-state index contributed by atoms with van der Waals surface area (Å²) in [5.74, 6) is 0. The van der Waals surface area contributed by atoms with Gasteiger partial charge in [0.15, 0.2) is 0 Å². The van der Waals surface area contributed by atoms with Crippen LogP contribution < -0.4 is 5.73 Å². The average molecular weight is 202 g/mol. The number of aliphatic hydroxyl groups is 2. The quantitative estimate of drug-likeness (QED) is 0.462. The molecule has 0 aromatic heterocycles. The van der Waals surface area contributed by atoms with Crippen molar-refractivity contribution in [1.82, 2.24) is 0 Å². The summed E-state index contributed by atoms with van der Waals surface area (Å²) >= 11 is 10.7. The van der Waals surface area contributed by atoms with Crippen molar-refractivity contribution >= 4 is 23.2 Å². The summed E-state index contributed by atoms with van der Waals surface area (Å²) in [6.45, 7) is 1.78. The van der Waals surface area contributed by atoms with E-state index in [1.807, 2.05) is 0 Å². The molecule has 0 bridgehead atoms. The van der Waals surface area contributed by atoms with Crippen molar-refractivity contribution < 1.29 is 10.2 Å². The second-order valence-electron chi connectivity index (χ2n) is 2.56. The zero-order valence-corrected chi connectivity index (χ0v) is 7.81. The first-order valence-electron chi connectivity index (χ1n) is 3.37. The topological polar surface area (TPSA) is 66.5 Å². The highest BCUT2D eigenvalue weighted by atomic mass is 35.5. The van der Waals surface area contributed by atoms with Crippen LogP contribution in [-0.4, -0.2) is 26.9 Å². The molecule has 4 N–H and O–H groups in total. The first kappa shape index (κ1) is 11.5. The molecule has 0 radical (unpaired) electrons. The monoisotopic (exact) mass is 201 g/mol. The summed E-state index contributed by atoms with van der Waals surface area (Å²) in [5.41, 5.74) is 3.57. The second-order valence-corrected chi connectivity index (χ2v) is 3.65. The Bertz CT molecular complexity index is 119. The molecule has 68 valence electrons. The minimum Gasteiger partial charge on any atom is -0.393 e. The maximum atomic E-state index is 9.25. The van der Waals surface area contributed by atoms with Crippen LogP contribution in [0.2, 0.25) is 0 Å². The van der Waals surface area contributed by atoms with Gasteiger partial charge in [0.05, 0.1) is 6.10 Å². The standard InChI is InChI=1S/C6H13Cl2NO2/c1-2-4(10)3-6(9,11)5(7)8/h4-5,10-11H,2-3,9H2,1H3. The molecule has 11 heavy (non-hydrogen) atoms. The molecular formula is C6H13Cl2NO2. The fourth-order valence-corrected chi connectivity index (χ4v) is 0.789. The normalized spacial score (nSPS) is 19.9. The lowest BCUT2D eigenvalue weighted by Crippen LogP contribution is -2.48. The Balaban J connectivity index is 3.90. The van der Waals surface area contributed by atoms with Crippen LogP contribution in [0.15, 0.2) is 0 Å². The largest absolute Gasteiger partial charge is 0.393 e. The van der Waals surface area contributed by atoms with Gasteiger partial charge in [-0.15, -0.1) is 23.2 Å². The number of alkyl halides is 2. The molecule has 0 aliphatic rings. The third-order valence-electron chi connectivity index (χ3n) is 1.41. The highest BCUT2D eigenvalue weighted by Crippen LogP contribution is 2.20. The molecule has 0 spiro atoms. The highest BCUT2D eigenvalue weighted by Gasteiger charge is 2.31. The van der Waals surface area contributed by atoms with Gasteiger partial charge in [-0.1, -0.05) is 6.92 Å². The van der Waals surface area contributed by atoms with E-state index in [9.17, 15) is 5.11 Å². The van der Waals surface area contributed by atoms with E-state index in [4.69, 9.17) is 34.0 Å². The molecule has 0 amide bonds. The highest BCUT2D eigenvalue weighted by molar-refractivity contribution is 6.45. The molecule has 0 fully saturated rings. The minimum atomic E-state index is -1.70. The fourth-order valence-electron chi connectivity index (χ4n) is 0.611. The van der Waals surface area contributed by atoms with Crippen molar-refractivity contribution in [1.29, 1.82) is 0 Å². The number of hydrogen-bond acceptors (Lipinski definition) is 3. The van der Waals surface area contributed by atoms with Gasteiger partial charge in [0, 0.05) is 6.42 Å². The van der Waals surface area contributed by atoms with Crippen LogP contribution in [0, 0.1) is 0 Å². The summed E-state index contributed by atoms with van der Waals surface area (Å²) in [5, 5.41) is 18.3. The second kappa shape index (κ2) is 4.48. The zero-order valence-electron chi connectivity index (χ0n) is 6.30. The summed E-state index contributed by atoms with van der Waals surface area (Å²) in [4.78, 5) is -1.08. The lowest BCUT2D eigenvalue weighted by molar-refractivity contribution is 0.00355. The number of nitrogens with two attached hydrogens (primary N) is 1. The Morgan fingerprint density at radius 2 is 2.00 bits per heavy atom. The van der Waals surface area contributed by atoms with Gasteiger partial charge in [-0.25, -0.2) is 0 Å². The summed E-state index contributed by atoms with van der Waals surface area (Å²) in [6, 6.07) is 0. The van der Waals surface area contributed by atoms with Crippen molar-refractivity contribution in [2.45, 2.75) is 36.4 Å². The molecule has 5 heteroatoms. The summed E-state index contributed by atoms with van der Waals surface area (Å²) in [6.07, 6.45) is -0.161. The molecule has 0 rings (SSSR count). The zero-order chi connectivity index (χ0) is 9.07. The molecule has 0 aliphatic heterocycles. The van der Waals surface area contributed by atoms with Crippen molar-refractivity contribution in [3.05, 3.63) is 0 Å². The average Bonchev–Trinajstić information content (AvgIpc) is 1.86. The van der Waals surface area contributed by atoms with E-state index in [0.717, 1.165) is 0 Å². The molecule has 0 aromatic rings. The van der Waals surface area contributed by atoms with Crippen LogP contribution in [0.3, 0.4) is 0 Å². The first-order valence-corrected chi connectivity index (χ1v) is 4.25. The van der Waals surface area contributed by atoms with Crippen LogP contribution in [0.1, 0.15) is 19.8 Å². The lowest BCUT2D eigenvalue weighted by atomic mass is 10.1. The van der Waals surface area contributed by atoms with Gasteiger partial charge >= 0.3 is 0 Å². The van der Waals surface area contributed by atoms with E-state index in [1.165, 1.54) is 0 Å². The number of aliphatic hydroxyl groups excluding tert-OH is 1. The number of halogens is 2. The van der Waals surface area contributed by atoms with Crippen LogP contribution >= 0.6 is 23.2 Å². The molecule has 0 saturated carbocycles. The molecule has 2 atom stereocenters. The Morgan fingerprint density at radius 1 is 1.55 bits per heavy atom. The van der Waals surface area contributed by atoms with Crippen molar-refractivity contribution in [2.24, 2.45) is 5.73 Å². The molecule has 0 saturated heterocycles. The van der Waals surface area contributed by atoms with Gasteiger partial charge in [0.25, 0.3) is 0 Å². The third-order valence-corrected chi connectivity index (χ3v) is 2.17. The molecular weight excluding hydrogens is 189 g/mol. The Kier molecular flexibility index (Phi) is 4.66. The predicted molar refractivity (Wildman–Crippen MR) is 45.5 cm³/mol. The Labute approximate surface area is 76.1 Å². The van der Waals surface area contributed by atoms with E-state index in [-0.39, 0.29) is 6.42 Å². The van der Waals surface area contributed by atoms with Crippen LogP contribution in [-0.2, 0) is 0 Å². The van der Waals surface area contributed by atoms with E-state index >= 15 is 0 Å². The van der Waals surface area contributed by atoms with Crippen molar-refractivity contribution in [2.75, 3.05) is 0 Å². The van der Waals surface area contributed by atoms with Gasteiger partial charge in [0.2, 0.25) is 0 Å². The molecule has 0 aliphatic carbocycles. The Hall–Kier alpha value is 0.460. The number of hydrogen-bond donors (Lipinski definition) is 3. The molecule has 3 nitrogen and oxygen atoms in total. The van der Waals surface area contributed by atoms with Gasteiger partial charge in [-0.3, -0.25) is 0 Å². The minimum absolute atomic E-state index is 0.0127. The SMILES string of the molecule is CCC(O)CC(N)(O)C(Cl)Cl.